The van der Waals surface area contributed by atoms with Gasteiger partial charge in [0.1, 0.15) is 0 Å². The van der Waals surface area contributed by atoms with Crippen molar-refractivity contribution in [3.8, 4) is 0 Å². The second-order valence-corrected chi connectivity index (χ2v) is 4.42. The topological polar surface area (TPSA) is 32.7 Å². The Labute approximate surface area is 86.0 Å². The van der Waals surface area contributed by atoms with E-state index in [9.17, 15) is 0 Å². The van der Waals surface area contributed by atoms with Gasteiger partial charge < -0.3 is 9.84 Å². The van der Waals surface area contributed by atoms with E-state index in [4.69, 9.17) is 9.84 Å². The molecule has 2 atom stereocenters. The molecule has 0 aliphatic carbocycles. The maximum Gasteiger partial charge on any atom is 0.0622 e. The van der Waals surface area contributed by atoms with Gasteiger partial charge in [-0.1, -0.05) is 6.42 Å². The van der Waals surface area contributed by atoms with E-state index in [1.807, 2.05) is 0 Å². The Kier molecular flexibility index (Phi) is 3.79. The van der Waals surface area contributed by atoms with Gasteiger partial charge in [0.05, 0.1) is 6.61 Å². The van der Waals surface area contributed by atoms with Crippen molar-refractivity contribution < 1.29 is 9.84 Å². The van der Waals surface area contributed by atoms with Gasteiger partial charge in [0.25, 0.3) is 0 Å². The Morgan fingerprint density at radius 2 is 2.21 bits per heavy atom. The Hall–Kier alpha value is -0.120. The van der Waals surface area contributed by atoms with Crippen LogP contribution in [-0.2, 0) is 4.74 Å². The quantitative estimate of drug-likeness (QED) is 0.736. The van der Waals surface area contributed by atoms with Crippen LogP contribution in [0.15, 0.2) is 0 Å². The third-order valence-corrected chi connectivity index (χ3v) is 3.51. The second-order valence-electron chi connectivity index (χ2n) is 4.42. The molecule has 14 heavy (non-hydrogen) atoms. The molecule has 0 aromatic rings. The fourth-order valence-electron chi connectivity index (χ4n) is 2.75. The third kappa shape index (κ3) is 2.27. The number of rotatable bonds is 3. The molecule has 3 nitrogen and oxygen atoms in total. The molecule has 2 unspecified atom stereocenters. The average Bonchev–Trinajstić information content (AvgIpc) is 2.72. The van der Waals surface area contributed by atoms with E-state index < -0.39 is 0 Å². The van der Waals surface area contributed by atoms with E-state index in [-0.39, 0.29) is 0 Å². The summed E-state index contributed by atoms with van der Waals surface area (Å²) in [6.45, 7) is 3.36. The maximum absolute atomic E-state index is 9.02. The monoisotopic (exact) mass is 199 g/mol. The molecular weight excluding hydrogens is 178 g/mol. The number of aliphatic hydroxyl groups excluding tert-OH is 1. The number of aliphatic hydroxyl groups is 1. The summed E-state index contributed by atoms with van der Waals surface area (Å²) in [6, 6.07) is 1.24. The summed E-state index contributed by atoms with van der Waals surface area (Å²) in [7, 11) is 0. The van der Waals surface area contributed by atoms with E-state index in [0.717, 1.165) is 19.6 Å². The summed E-state index contributed by atoms with van der Waals surface area (Å²) in [6.07, 6.45) is 6.03. The summed E-state index contributed by atoms with van der Waals surface area (Å²) in [5.41, 5.74) is 0. The van der Waals surface area contributed by atoms with Crippen molar-refractivity contribution in [3.05, 3.63) is 0 Å². The molecule has 3 heteroatoms. The van der Waals surface area contributed by atoms with Gasteiger partial charge in [-0.25, -0.2) is 0 Å². The van der Waals surface area contributed by atoms with Crippen LogP contribution in [-0.4, -0.2) is 48.5 Å². The molecule has 0 saturated carbocycles. The smallest absolute Gasteiger partial charge is 0.0622 e. The van der Waals surface area contributed by atoms with E-state index in [0.29, 0.717) is 18.7 Å². The fraction of sp³-hybridized carbons (Fsp3) is 1.00. The normalized spacial score (nSPS) is 34.9. The van der Waals surface area contributed by atoms with Crippen molar-refractivity contribution in [2.75, 3.05) is 26.4 Å². The Bertz CT molecular complexity index is 167. The van der Waals surface area contributed by atoms with Gasteiger partial charge in [-0.3, -0.25) is 4.90 Å². The first kappa shape index (κ1) is 10.4. The molecule has 2 aliphatic rings. The first-order valence-corrected chi connectivity index (χ1v) is 5.86. The molecular formula is C11H21NO2. The largest absolute Gasteiger partial charge is 0.396 e. The van der Waals surface area contributed by atoms with E-state index in [2.05, 4.69) is 4.90 Å². The van der Waals surface area contributed by atoms with Crippen LogP contribution in [0, 0.1) is 0 Å². The van der Waals surface area contributed by atoms with Gasteiger partial charge in [-0.15, -0.1) is 0 Å². The van der Waals surface area contributed by atoms with Crippen molar-refractivity contribution in [2.45, 2.75) is 44.2 Å². The number of piperidine rings is 1. The van der Waals surface area contributed by atoms with Crippen molar-refractivity contribution >= 4 is 0 Å². The average molecular weight is 199 g/mol. The van der Waals surface area contributed by atoms with Crippen molar-refractivity contribution in [1.82, 2.24) is 4.90 Å². The Morgan fingerprint density at radius 1 is 1.29 bits per heavy atom. The molecule has 0 aromatic carbocycles. The summed E-state index contributed by atoms with van der Waals surface area (Å²) >= 11 is 0. The summed E-state index contributed by atoms with van der Waals surface area (Å²) in [4.78, 5) is 2.58. The SMILES string of the molecule is OCCC1CCCCN1C1CCOC1. The predicted molar refractivity (Wildman–Crippen MR) is 55.3 cm³/mol. The fourth-order valence-corrected chi connectivity index (χ4v) is 2.75. The number of hydrogen-bond acceptors (Lipinski definition) is 3. The molecule has 2 rings (SSSR count). The molecule has 2 saturated heterocycles. The van der Waals surface area contributed by atoms with Crippen LogP contribution in [0.25, 0.3) is 0 Å². The van der Waals surface area contributed by atoms with Crippen LogP contribution in [0.1, 0.15) is 32.1 Å². The lowest BCUT2D eigenvalue weighted by atomic mass is 9.97. The molecule has 0 bridgehead atoms. The standard InChI is InChI=1S/C11H21NO2/c13-7-4-10-3-1-2-6-12(10)11-5-8-14-9-11/h10-11,13H,1-9H2. The van der Waals surface area contributed by atoms with E-state index in [1.165, 1.54) is 32.2 Å². The zero-order valence-corrected chi connectivity index (χ0v) is 8.82. The minimum atomic E-state index is 0.328. The van der Waals surface area contributed by atoms with Crippen LogP contribution in [0.2, 0.25) is 0 Å². The van der Waals surface area contributed by atoms with Crippen LogP contribution < -0.4 is 0 Å². The summed E-state index contributed by atoms with van der Waals surface area (Å²) in [5.74, 6) is 0. The number of likely N-dealkylation sites (tertiary alicyclic amines) is 1. The van der Waals surface area contributed by atoms with Crippen LogP contribution in [0.4, 0.5) is 0 Å². The highest BCUT2D eigenvalue weighted by molar-refractivity contribution is 4.84. The predicted octanol–water partition coefficient (Wildman–Crippen LogP) is 1.01. The Balaban J connectivity index is 1.91. The number of ether oxygens (including phenoxy) is 1. The van der Waals surface area contributed by atoms with Gasteiger partial charge in [0.15, 0.2) is 0 Å². The molecule has 0 amide bonds. The van der Waals surface area contributed by atoms with Gasteiger partial charge in [0.2, 0.25) is 0 Å². The van der Waals surface area contributed by atoms with Crippen LogP contribution in [0.3, 0.4) is 0 Å². The number of nitrogens with zero attached hydrogens (tertiary/aromatic N) is 1. The van der Waals surface area contributed by atoms with Crippen LogP contribution >= 0.6 is 0 Å². The minimum Gasteiger partial charge on any atom is -0.396 e. The van der Waals surface area contributed by atoms with Crippen molar-refractivity contribution in [1.29, 1.82) is 0 Å². The van der Waals surface area contributed by atoms with Gasteiger partial charge in [0, 0.05) is 25.3 Å². The summed E-state index contributed by atoms with van der Waals surface area (Å²) in [5, 5.41) is 9.02. The highest BCUT2D eigenvalue weighted by Gasteiger charge is 2.30. The van der Waals surface area contributed by atoms with E-state index >= 15 is 0 Å². The third-order valence-electron chi connectivity index (χ3n) is 3.51. The zero-order chi connectivity index (χ0) is 9.80. The van der Waals surface area contributed by atoms with Crippen molar-refractivity contribution in [2.24, 2.45) is 0 Å². The highest BCUT2D eigenvalue weighted by Crippen LogP contribution is 2.25. The van der Waals surface area contributed by atoms with Crippen LogP contribution in [0.5, 0.6) is 0 Å². The zero-order valence-electron chi connectivity index (χ0n) is 8.82. The summed E-state index contributed by atoms with van der Waals surface area (Å²) < 4.78 is 5.43. The molecule has 2 fully saturated rings. The molecule has 2 heterocycles. The van der Waals surface area contributed by atoms with Gasteiger partial charge in [-0.2, -0.15) is 0 Å². The molecule has 1 N–H and O–H groups in total. The molecule has 82 valence electrons. The second kappa shape index (κ2) is 5.10. The molecule has 2 aliphatic heterocycles. The molecule has 0 spiro atoms. The van der Waals surface area contributed by atoms with E-state index in [1.54, 1.807) is 0 Å². The van der Waals surface area contributed by atoms with Gasteiger partial charge in [-0.05, 0) is 32.2 Å². The molecule has 0 radical (unpaired) electrons. The minimum absolute atomic E-state index is 0.328. The Morgan fingerprint density at radius 3 is 2.93 bits per heavy atom. The lowest BCUT2D eigenvalue weighted by molar-refractivity contribution is 0.0658. The first-order valence-electron chi connectivity index (χ1n) is 5.86. The van der Waals surface area contributed by atoms with Crippen molar-refractivity contribution in [3.63, 3.8) is 0 Å². The molecule has 0 aromatic heterocycles. The lowest BCUT2D eigenvalue weighted by Crippen LogP contribution is -2.46. The van der Waals surface area contributed by atoms with Gasteiger partial charge >= 0.3 is 0 Å². The lowest BCUT2D eigenvalue weighted by Gasteiger charge is -2.39. The number of hydrogen-bond donors (Lipinski definition) is 1. The first-order chi connectivity index (χ1) is 6.92. The maximum atomic E-state index is 9.02. The highest BCUT2D eigenvalue weighted by atomic mass is 16.5.